The average molecular weight is 675 g/mol. The van der Waals surface area contributed by atoms with Gasteiger partial charge in [-0.2, -0.15) is 26.3 Å². The van der Waals surface area contributed by atoms with E-state index in [1.165, 1.54) is 24.3 Å². The van der Waals surface area contributed by atoms with Gasteiger partial charge in [-0.1, -0.05) is 53.5 Å². The third kappa shape index (κ3) is 7.74. The molecule has 2 heterocycles. The fraction of sp³-hybridized carbons (Fsp3) is 0.226. The largest absolute Gasteiger partial charge is 0.478 e. The molecule has 0 aliphatic carbocycles. The van der Waals surface area contributed by atoms with Gasteiger partial charge in [0.15, 0.2) is 0 Å². The molecule has 2 atom stereocenters. The van der Waals surface area contributed by atoms with Gasteiger partial charge in [-0.25, -0.2) is 9.59 Å². The second-order valence-corrected chi connectivity index (χ2v) is 10.7. The second kappa shape index (κ2) is 13.1. The molecule has 2 aliphatic heterocycles. The number of rotatable bonds is 4. The van der Waals surface area contributed by atoms with E-state index in [9.17, 15) is 35.9 Å². The van der Waals surface area contributed by atoms with Crippen LogP contribution in [-0.2, 0) is 20.7 Å². The quantitative estimate of drug-likeness (QED) is 0.222. The van der Waals surface area contributed by atoms with Crippen molar-refractivity contribution in [2.75, 3.05) is 7.11 Å². The van der Waals surface area contributed by atoms with Crippen molar-refractivity contribution in [2.45, 2.75) is 37.9 Å². The number of benzene rings is 3. The fourth-order valence-electron chi connectivity index (χ4n) is 4.69. The number of halogens is 8. The van der Waals surface area contributed by atoms with Crippen LogP contribution >= 0.6 is 23.2 Å². The van der Waals surface area contributed by atoms with Crippen molar-refractivity contribution >= 4 is 47.3 Å². The SMILES string of the molecule is COC(=O)C1=Cc2cc(Cl)cc(C)c2OC1C(F)(F)F.O=C(O)C1=Cc2cc(Cl)cc(Cc3ccccc3)c2OC1C(F)(F)F. The van der Waals surface area contributed by atoms with Crippen LogP contribution in [0.4, 0.5) is 26.3 Å². The van der Waals surface area contributed by atoms with E-state index in [0.29, 0.717) is 33.2 Å². The molecule has 45 heavy (non-hydrogen) atoms. The molecular weight excluding hydrogens is 653 g/mol. The zero-order valence-corrected chi connectivity index (χ0v) is 24.7. The number of ether oxygens (including phenoxy) is 3. The van der Waals surface area contributed by atoms with Crippen molar-refractivity contribution in [1.29, 1.82) is 0 Å². The van der Waals surface area contributed by atoms with E-state index in [-0.39, 0.29) is 17.1 Å². The van der Waals surface area contributed by atoms with Gasteiger partial charge >= 0.3 is 24.3 Å². The van der Waals surface area contributed by atoms with Crippen LogP contribution in [0.1, 0.15) is 27.8 Å². The number of alkyl halides is 6. The Labute approximate surface area is 262 Å². The minimum Gasteiger partial charge on any atom is -0.478 e. The predicted molar refractivity (Wildman–Crippen MR) is 153 cm³/mol. The standard InChI is InChI=1S/C18H12ClF3O3.C13H10ClF3O3/c19-13-7-11(6-10-4-2-1-3-5-10)15-12(8-13)9-14(17(23)24)16(25-15)18(20,21)22;1-6-3-8(14)4-7-5-9(12(18)19-2)11(13(15,16)17)20-10(6)7/h1-5,7-9,16H,6H2,(H,23,24);3-5,11H,1-2H3. The number of fused-ring (bicyclic) bond motifs is 2. The highest BCUT2D eigenvalue weighted by molar-refractivity contribution is 6.31. The van der Waals surface area contributed by atoms with Crippen molar-refractivity contribution in [2.24, 2.45) is 0 Å². The highest BCUT2D eigenvalue weighted by atomic mass is 35.5. The zero-order chi connectivity index (χ0) is 33.3. The third-order valence-electron chi connectivity index (χ3n) is 6.59. The highest BCUT2D eigenvalue weighted by Gasteiger charge is 2.50. The van der Waals surface area contributed by atoms with E-state index in [1.807, 2.05) is 30.3 Å². The van der Waals surface area contributed by atoms with Crippen LogP contribution in [0.25, 0.3) is 12.2 Å². The van der Waals surface area contributed by atoms with Crippen LogP contribution in [0.5, 0.6) is 11.5 Å². The molecule has 0 fully saturated rings. The Morgan fingerprint density at radius 2 is 1.33 bits per heavy atom. The van der Waals surface area contributed by atoms with Crippen molar-refractivity contribution < 1.29 is 55.2 Å². The fourth-order valence-corrected chi connectivity index (χ4v) is 5.22. The Hall–Kier alpha value is -4.16. The van der Waals surface area contributed by atoms with Gasteiger partial charge in [0.05, 0.1) is 18.3 Å². The van der Waals surface area contributed by atoms with E-state index in [2.05, 4.69) is 4.74 Å². The summed E-state index contributed by atoms with van der Waals surface area (Å²) in [4.78, 5) is 22.7. The van der Waals surface area contributed by atoms with Crippen LogP contribution in [0.3, 0.4) is 0 Å². The first-order chi connectivity index (χ1) is 21.0. The summed E-state index contributed by atoms with van der Waals surface area (Å²) in [6.07, 6.45) is -12.0. The summed E-state index contributed by atoms with van der Waals surface area (Å²) >= 11 is 11.9. The number of carboxylic acids is 1. The minimum absolute atomic E-state index is 0.000535. The second-order valence-electron chi connectivity index (χ2n) is 9.86. The van der Waals surface area contributed by atoms with Gasteiger partial charge in [0.25, 0.3) is 0 Å². The van der Waals surface area contributed by atoms with Crippen molar-refractivity contribution in [1.82, 2.24) is 0 Å². The molecule has 3 aromatic carbocycles. The maximum atomic E-state index is 13.2. The summed E-state index contributed by atoms with van der Waals surface area (Å²) in [5.41, 5.74) is 0.854. The number of carbonyl (C=O) groups is 2. The predicted octanol–water partition coefficient (Wildman–Crippen LogP) is 8.25. The summed E-state index contributed by atoms with van der Waals surface area (Å²) in [6.45, 7) is 1.58. The Morgan fingerprint density at radius 1 is 0.822 bits per heavy atom. The van der Waals surface area contributed by atoms with Gasteiger partial charge in [-0.05, 0) is 54.5 Å². The number of aryl methyl sites for hydroxylation is 1. The molecule has 14 heteroatoms. The molecule has 0 aromatic heterocycles. The first kappa shape index (κ1) is 33.7. The van der Waals surface area contributed by atoms with Crippen LogP contribution < -0.4 is 9.47 Å². The van der Waals surface area contributed by atoms with Gasteiger partial charge in [0, 0.05) is 33.2 Å². The summed E-state index contributed by atoms with van der Waals surface area (Å²) in [7, 11) is 1.01. The van der Waals surface area contributed by atoms with Crippen molar-refractivity contribution in [3.63, 3.8) is 0 Å². The van der Waals surface area contributed by atoms with Crippen molar-refractivity contribution in [3.05, 3.63) is 104 Å². The number of carboxylic acid groups (broad SMARTS) is 1. The molecule has 0 saturated carbocycles. The molecule has 2 aliphatic rings. The molecule has 0 saturated heterocycles. The van der Waals surface area contributed by atoms with Gasteiger partial charge < -0.3 is 19.3 Å². The Bertz CT molecular complexity index is 1680. The van der Waals surface area contributed by atoms with Crippen LogP contribution in [0, 0.1) is 6.92 Å². The molecule has 1 N–H and O–H groups in total. The Morgan fingerprint density at radius 3 is 1.89 bits per heavy atom. The first-order valence-electron chi connectivity index (χ1n) is 12.9. The highest BCUT2D eigenvalue weighted by Crippen LogP contribution is 2.42. The Kier molecular flexibility index (Phi) is 9.79. The van der Waals surface area contributed by atoms with E-state index in [1.54, 1.807) is 6.92 Å². The number of aliphatic carboxylic acids is 1. The van der Waals surface area contributed by atoms with E-state index >= 15 is 0 Å². The zero-order valence-electron chi connectivity index (χ0n) is 23.2. The lowest BCUT2D eigenvalue weighted by atomic mass is 9.96. The number of hydrogen-bond acceptors (Lipinski definition) is 5. The molecular formula is C31H22Cl2F6O6. The van der Waals surface area contributed by atoms with Gasteiger partial charge in [0.1, 0.15) is 11.5 Å². The lowest BCUT2D eigenvalue weighted by Crippen LogP contribution is -2.40. The minimum atomic E-state index is -4.84. The van der Waals surface area contributed by atoms with E-state index < -0.39 is 47.6 Å². The summed E-state index contributed by atoms with van der Waals surface area (Å²) in [6, 6.07) is 15.0. The molecule has 0 bridgehead atoms. The number of hydrogen-bond donors (Lipinski definition) is 1. The van der Waals surface area contributed by atoms with Crippen LogP contribution in [0.15, 0.2) is 65.7 Å². The van der Waals surface area contributed by atoms with E-state index in [4.69, 9.17) is 37.8 Å². The van der Waals surface area contributed by atoms with Crippen LogP contribution in [0.2, 0.25) is 10.0 Å². The third-order valence-corrected chi connectivity index (χ3v) is 7.02. The number of methoxy groups -OCH3 is 1. The molecule has 0 spiro atoms. The molecule has 2 unspecified atom stereocenters. The van der Waals surface area contributed by atoms with Gasteiger partial charge in [0.2, 0.25) is 12.2 Å². The van der Waals surface area contributed by atoms with E-state index in [0.717, 1.165) is 24.8 Å². The summed E-state index contributed by atoms with van der Waals surface area (Å²) < 4.78 is 93.1. The Balaban J connectivity index is 0.000000210. The molecule has 0 radical (unpaired) electrons. The first-order valence-corrected chi connectivity index (χ1v) is 13.6. The molecule has 5 rings (SSSR count). The molecule has 238 valence electrons. The van der Waals surface area contributed by atoms with Crippen molar-refractivity contribution in [3.8, 4) is 11.5 Å². The number of esters is 1. The lowest BCUT2D eigenvalue weighted by Gasteiger charge is -2.28. The maximum Gasteiger partial charge on any atom is 0.430 e. The topological polar surface area (TPSA) is 82.1 Å². The normalized spacial score (nSPS) is 17.2. The molecule has 6 nitrogen and oxygen atoms in total. The smallest absolute Gasteiger partial charge is 0.430 e. The molecule has 3 aromatic rings. The van der Waals surface area contributed by atoms with Crippen LogP contribution in [-0.4, -0.2) is 48.7 Å². The number of carbonyl (C=O) groups excluding carboxylic acids is 1. The van der Waals surface area contributed by atoms with Gasteiger partial charge in [-0.3, -0.25) is 0 Å². The average Bonchev–Trinajstić information content (AvgIpc) is 2.95. The summed E-state index contributed by atoms with van der Waals surface area (Å²) in [5, 5.41) is 9.72. The lowest BCUT2D eigenvalue weighted by molar-refractivity contribution is -0.187. The maximum absolute atomic E-state index is 13.2. The monoisotopic (exact) mass is 674 g/mol. The molecule has 0 amide bonds. The van der Waals surface area contributed by atoms with Gasteiger partial charge in [-0.15, -0.1) is 0 Å². The summed E-state index contributed by atoms with van der Waals surface area (Å²) in [5.74, 6) is -2.71.